The molecule has 0 bridgehead atoms. The average molecular weight is 297 g/mol. The number of hydrogen-bond acceptors (Lipinski definition) is 2. The van der Waals surface area contributed by atoms with Crippen LogP contribution in [0.3, 0.4) is 0 Å². The average Bonchev–Trinajstić information content (AvgIpc) is 2.88. The number of rotatable bonds is 3. The third kappa shape index (κ3) is 2.91. The molecule has 22 heavy (non-hydrogen) atoms. The number of imidazole rings is 1. The lowest BCUT2D eigenvalue weighted by Crippen LogP contribution is -2.31. The maximum atomic E-state index is 12.4. The van der Waals surface area contributed by atoms with Crippen LogP contribution >= 0.6 is 0 Å². The van der Waals surface area contributed by atoms with Crippen molar-refractivity contribution in [2.45, 2.75) is 46.1 Å². The molecule has 4 nitrogen and oxygen atoms in total. The first kappa shape index (κ1) is 14.8. The van der Waals surface area contributed by atoms with Gasteiger partial charge in [0.25, 0.3) is 5.91 Å². The minimum atomic E-state index is 0.0154. The number of aromatic nitrogens is 2. The molecule has 1 atom stereocenters. The normalized spacial score (nSPS) is 17.1. The summed E-state index contributed by atoms with van der Waals surface area (Å²) in [7, 11) is 0. The van der Waals surface area contributed by atoms with Crippen LogP contribution < -0.4 is 5.32 Å². The molecule has 0 radical (unpaired) electrons. The molecular weight excluding hydrogens is 274 g/mol. The molecule has 1 aliphatic heterocycles. The number of hydrogen-bond donors (Lipinski definition) is 1. The van der Waals surface area contributed by atoms with E-state index in [1.807, 2.05) is 39.0 Å². The van der Waals surface area contributed by atoms with Gasteiger partial charge in [0.05, 0.1) is 5.69 Å². The summed E-state index contributed by atoms with van der Waals surface area (Å²) in [6.45, 7) is 7.71. The highest BCUT2D eigenvalue weighted by atomic mass is 16.1. The molecule has 3 rings (SSSR count). The van der Waals surface area contributed by atoms with Gasteiger partial charge in [0.2, 0.25) is 0 Å². The van der Waals surface area contributed by atoms with Gasteiger partial charge in [0.15, 0.2) is 0 Å². The molecule has 1 N–H and O–H groups in total. The maximum absolute atomic E-state index is 12.4. The number of carbonyl (C=O) groups excluding carboxylic acids is 1. The number of nitrogens with one attached hydrogen (secondary N) is 1. The third-order valence-electron chi connectivity index (χ3n) is 4.39. The lowest BCUT2D eigenvalue weighted by atomic mass is 9.98. The Morgan fingerprint density at radius 1 is 1.36 bits per heavy atom. The van der Waals surface area contributed by atoms with Gasteiger partial charge in [-0.15, -0.1) is 0 Å². The van der Waals surface area contributed by atoms with Gasteiger partial charge in [-0.2, -0.15) is 0 Å². The number of nitrogens with zero attached hydrogens (tertiary/aromatic N) is 2. The lowest BCUT2D eigenvalue weighted by Gasteiger charge is -2.23. The zero-order valence-electron chi connectivity index (χ0n) is 13.5. The molecule has 2 heterocycles. The second-order valence-electron chi connectivity index (χ2n) is 6.30. The Bertz CT molecular complexity index is 702. The quantitative estimate of drug-likeness (QED) is 0.946. The summed E-state index contributed by atoms with van der Waals surface area (Å²) >= 11 is 0. The van der Waals surface area contributed by atoms with E-state index in [0.717, 1.165) is 47.6 Å². The summed E-state index contributed by atoms with van der Waals surface area (Å²) in [5.74, 6) is 1.45. The molecule has 1 amide bonds. The van der Waals surface area contributed by atoms with Crippen molar-refractivity contribution in [3.8, 4) is 0 Å². The molecule has 116 valence electrons. The summed E-state index contributed by atoms with van der Waals surface area (Å²) in [5, 5.41) is 3.09. The molecule has 0 saturated carbocycles. The summed E-state index contributed by atoms with van der Waals surface area (Å²) in [5.41, 5.74) is 3.96. The first-order chi connectivity index (χ1) is 10.5. The van der Waals surface area contributed by atoms with Crippen LogP contribution in [0.2, 0.25) is 0 Å². The molecule has 4 heteroatoms. The number of benzene rings is 1. The standard InChI is InChI=1S/C18H23N3O/c1-12-6-7-13(2)16(9-12)18(22)19-10-15-5-4-8-21-11-14(3)20-17(15)21/h6-7,9,11,15H,4-5,8,10H2,1-3H3,(H,19,22). The van der Waals surface area contributed by atoms with Gasteiger partial charge >= 0.3 is 0 Å². The molecular formula is C18H23N3O. The van der Waals surface area contributed by atoms with Crippen molar-refractivity contribution in [1.29, 1.82) is 0 Å². The Hall–Kier alpha value is -2.10. The highest BCUT2D eigenvalue weighted by molar-refractivity contribution is 5.95. The van der Waals surface area contributed by atoms with E-state index in [4.69, 9.17) is 0 Å². The molecule has 1 aromatic heterocycles. The smallest absolute Gasteiger partial charge is 0.251 e. The van der Waals surface area contributed by atoms with Crippen molar-refractivity contribution in [2.75, 3.05) is 6.54 Å². The van der Waals surface area contributed by atoms with Crippen LogP contribution in [0.5, 0.6) is 0 Å². The van der Waals surface area contributed by atoms with Crippen LogP contribution in [0, 0.1) is 20.8 Å². The molecule has 0 spiro atoms. The van der Waals surface area contributed by atoms with E-state index in [1.165, 1.54) is 0 Å². The molecule has 1 unspecified atom stereocenters. The number of fused-ring (bicyclic) bond motifs is 1. The van der Waals surface area contributed by atoms with E-state index in [0.29, 0.717) is 12.5 Å². The fraction of sp³-hybridized carbons (Fsp3) is 0.444. The predicted molar refractivity (Wildman–Crippen MR) is 87.2 cm³/mol. The van der Waals surface area contributed by atoms with Crippen LogP contribution in [-0.4, -0.2) is 22.0 Å². The molecule has 1 aliphatic rings. The van der Waals surface area contributed by atoms with E-state index in [9.17, 15) is 4.79 Å². The Balaban J connectivity index is 1.70. The van der Waals surface area contributed by atoms with Crippen molar-refractivity contribution < 1.29 is 4.79 Å². The molecule has 1 aromatic carbocycles. The Morgan fingerprint density at radius 3 is 3.00 bits per heavy atom. The number of aryl methyl sites for hydroxylation is 4. The molecule has 0 saturated heterocycles. The molecule has 2 aromatic rings. The topological polar surface area (TPSA) is 46.9 Å². The van der Waals surface area contributed by atoms with Gasteiger partial charge in [-0.3, -0.25) is 4.79 Å². The van der Waals surface area contributed by atoms with Crippen LogP contribution in [0.4, 0.5) is 0 Å². The Morgan fingerprint density at radius 2 is 2.18 bits per heavy atom. The van der Waals surface area contributed by atoms with E-state index < -0.39 is 0 Å². The Kier molecular flexibility index (Phi) is 4.01. The summed E-state index contributed by atoms with van der Waals surface area (Å²) in [6, 6.07) is 5.99. The van der Waals surface area contributed by atoms with E-state index in [1.54, 1.807) is 0 Å². The van der Waals surface area contributed by atoms with Crippen molar-refractivity contribution in [3.63, 3.8) is 0 Å². The minimum Gasteiger partial charge on any atom is -0.351 e. The maximum Gasteiger partial charge on any atom is 0.251 e. The first-order valence-corrected chi connectivity index (χ1v) is 7.93. The fourth-order valence-corrected chi connectivity index (χ4v) is 3.19. The van der Waals surface area contributed by atoms with Gasteiger partial charge in [-0.25, -0.2) is 4.98 Å². The van der Waals surface area contributed by atoms with Gasteiger partial charge < -0.3 is 9.88 Å². The van der Waals surface area contributed by atoms with Gasteiger partial charge in [0, 0.05) is 30.8 Å². The van der Waals surface area contributed by atoms with Crippen LogP contribution in [0.15, 0.2) is 24.4 Å². The minimum absolute atomic E-state index is 0.0154. The monoisotopic (exact) mass is 297 g/mol. The zero-order chi connectivity index (χ0) is 15.7. The van der Waals surface area contributed by atoms with E-state index in [2.05, 4.69) is 21.1 Å². The third-order valence-corrected chi connectivity index (χ3v) is 4.39. The largest absolute Gasteiger partial charge is 0.351 e. The fourth-order valence-electron chi connectivity index (χ4n) is 3.19. The molecule has 0 aliphatic carbocycles. The van der Waals surface area contributed by atoms with E-state index in [-0.39, 0.29) is 5.91 Å². The Labute approximate surface area is 131 Å². The second kappa shape index (κ2) is 5.95. The summed E-state index contributed by atoms with van der Waals surface area (Å²) < 4.78 is 2.23. The van der Waals surface area contributed by atoms with Gasteiger partial charge in [-0.05, 0) is 45.2 Å². The van der Waals surface area contributed by atoms with Crippen molar-refractivity contribution in [2.24, 2.45) is 0 Å². The van der Waals surface area contributed by atoms with Gasteiger partial charge in [0.1, 0.15) is 5.82 Å². The highest BCUT2D eigenvalue weighted by Crippen LogP contribution is 2.26. The van der Waals surface area contributed by atoms with Crippen LogP contribution in [0.25, 0.3) is 0 Å². The summed E-state index contributed by atoms with van der Waals surface area (Å²) in [6.07, 6.45) is 4.34. The highest BCUT2D eigenvalue weighted by Gasteiger charge is 2.23. The van der Waals surface area contributed by atoms with Crippen molar-refractivity contribution >= 4 is 5.91 Å². The zero-order valence-corrected chi connectivity index (χ0v) is 13.5. The first-order valence-electron chi connectivity index (χ1n) is 7.93. The summed E-state index contributed by atoms with van der Waals surface area (Å²) in [4.78, 5) is 17.1. The van der Waals surface area contributed by atoms with Crippen LogP contribution in [0.1, 0.15) is 51.8 Å². The van der Waals surface area contributed by atoms with Crippen molar-refractivity contribution in [3.05, 3.63) is 52.6 Å². The van der Waals surface area contributed by atoms with Gasteiger partial charge in [-0.1, -0.05) is 17.7 Å². The second-order valence-corrected chi connectivity index (χ2v) is 6.30. The lowest BCUT2D eigenvalue weighted by molar-refractivity contribution is 0.0948. The van der Waals surface area contributed by atoms with Crippen molar-refractivity contribution in [1.82, 2.24) is 14.9 Å². The predicted octanol–water partition coefficient (Wildman–Crippen LogP) is 3.12. The molecule has 0 fully saturated rings. The SMILES string of the molecule is Cc1ccc(C)c(C(=O)NCC2CCCn3cc(C)nc32)c1. The number of amides is 1. The van der Waals surface area contributed by atoms with E-state index >= 15 is 0 Å². The number of carbonyl (C=O) groups is 1. The van der Waals surface area contributed by atoms with Crippen LogP contribution in [-0.2, 0) is 6.54 Å².